The highest BCUT2D eigenvalue weighted by Gasteiger charge is 2.11. The Morgan fingerprint density at radius 1 is 1.50 bits per heavy atom. The van der Waals surface area contributed by atoms with Crippen molar-refractivity contribution >= 4 is 27.5 Å². The number of thiophene rings is 1. The lowest BCUT2D eigenvalue weighted by Gasteiger charge is -2.01. The van der Waals surface area contributed by atoms with Crippen LogP contribution >= 0.6 is 11.3 Å². The van der Waals surface area contributed by atoms with Gasteiger partial charge in [0.15, 0.2) is 0 Å². The molecule has 0 atom stereocenters. The van der Waals surface area contributed by atoms with Gasteiger partial charge in [0.05, 0.1) is 18.5 Å². The fourth-order valence-corrected chi connectivity index (χ4v) is 2.74. The second-order valence-corrected chi connectivity index (χ2v) is 5.25. The van der Waals surface area contributed by atoms with Crippen LogP contribution in [-0.4, -0.2) is 22.4 Å². The van der Waals surface area contributed by atoms with Gasteiger partial charge in [-0.25, -0.2) is 4.98 Å². The monoisotopic (exact) mass is 266 g/mol. The number of aromatic amines is 1. The largest absolute Gasteiger partial charge is 0.369 e. The molecule has 2 rings (SSSR count). The van der Waals surface area contributed by atoms with Gasteiger partial charge in [0.1, 0.15) is 10.7 Å². The van der Waals surface area contributed by atoms with Gasteiger partial charge in [-0.05, 0) is 19.4 Å². The second kappa shape index (κ2) is 4.87. The number of nitrogens with two attached hydrogens (primary N) is 1. The predicted octanol–water partition coefficient (Wildman–Crippen LogP) is 0.176. The molecular formula is C11H14N4O2S. The van der Waals surface area contributed by atoms with Gasteiger partial charge < -0.3 is 16.0 Å². The lowest BCUT2D eigenvalue weighted by Crippen LogP contribution is -2.29. The molecule has 0 aliphatic rings. The molecule has 0 aromatic carbocycles. The highest BCUT2D eigenvalue weighted by molar-refractivity contribution is 7.18. The Balaban J connectivity index is 2.32. The Morgan fingerprint density at radius 3 is 2.89 bits per heavy atom. The van der Waals surface area contributed by atoms with E-state index in [9.17, 15) is 9.59 Å². The van der Waals surface area contributed by atoms with Crippen LogP contribution in [0.3, 0.4) is 0 Å². The van der Waals surface area contributed by atoms with Crippen LogP contribution < -0.4 is 16.6 Å². The lowest BCUT2D eigenvalue weighted by atomic mass is 10.2. The van der Waals surface area contributed by atoms with Gasteiger partial charge in [-0.1, -0.05) is 0 Å². The van der Waals surface area contributed by atoms with Crippen molar-refractivity contribution < 1.29 is 4.79 Å². The zero-order valence-corrected chi connectivity index (χ0v) is 11.0. The molecule has 7 heteroatoms. The summed E-state index contributed by atoms with van der Waals surface area (Å²) in [6, 6.07) is 0. The fourth-order valence-electron chi connectivity index (χ4n) is 1.69. The Labute approximate surface area is 107 Å². The molecule has 0 saturated carbocycles. The van der Waals surface area contributed by atoms with Gasteiger partial charge >= 0.3 is 0 Å². The molecule has 6 nitrogen and oxygen atoms in total. The average molecular weight is 266 g/mol. The number of amides is 1. The molecule has 0 aliphatic heterocycles. The van der Waals surface area contributed by atoms with E-state index in [1.807, 2.05) is 13.8 Å². The first kappa shape index (κ1) is 12.7. The summed E-state index contributed by atoms with van der Waals surface area (Å²) >= 11 is 1.50. The molecule has 4 N–H and O–H groups in total. The summed E-state index contributed by atoms with van der Waals surface area (Å²) < 4.78 is 0. The molecule has 0 aliphatic carbocycles. The Hall–Kier alpha value is -1.73. The topological polar surface area (TPSA) is 101 Å². The van der Waals surface area contributed by atoms with Crippen molar-refractivity contribution in [3.8, 4) is 0 Å². The average Bonchev–Trinajstić information content (AvgIpc) is 2.54. The van der Waals surface area contributed by atoms with E-state index in [1.165, 1.54) is 11.3 Å². The molecule has 0 saturated heterocycles. The molecule has 0 fully saturated rings. The van der Waals surface area contributed by atoms with Crippen LogP contribution in [0.5, 0.6) is 0 Å². The molecule has 2 aromatic rings. The maximum Gasteiger partial charge on any atom is 0.259 e. The summed E-state index contributed by atoms with van der Waals surface area (Å²) in [5.41, 5.74) is 5.84. The van der Waals surface area contributed by atoms with E-state index >= 15 is 0 Å². The zero-order valence-electron chi connectivity index (χ0n) is 10.2. The van der Waals surface area contributed by atoms with Crippen LogP contribution in [0.2, 0.25) is 0 Å². The molecule has 2 aromatic heterocycles. The number of primary amides is 1. The van der Waals surface area contributed by atoms with Crippen molar-refractivity contribution in [3.05, 3.63) is 26.6 Å². The molecule has 0 bridgehead atoms. The first-order valence-electron chi connectivity index (χ1n) is 5.47. The van der Waals surface area contributed by atoms with Crippen molar-refractivity contribution in [2.75, 3.05) is 6.54 Å². The number of rotatable bonds is 4. The number of aromatic nitrogens is 2. The van der Waals surface area contributed by atoms with E-state index in [1.54, 1.807) is 0 Å². The minimum Gasteiger partial charge on any atom is -0.369 e. The summed E-state index contributed by atoms with van der Waals surface area (Å²) in [6.45, 7) is 4.25. The number of hydrogen-bond acceptors (Lipinski definition) is 5. The zero-order chi connectivity index (χ0) is 13.3. The van der Waals surface area contributed by atoms with E-state index in [0.29, 0.717) is 17.8 Å². The van der Waals surface area contributed by atoms with Crippen molar-refractivity contribution in [1.29, 1.82) is 0 Å². The molecular weight excluding hydrogens is 252 g/mol. The summed E-state index contributed by atoms with van der Waals surface area (Å²) in [4.78, 5) is 31.4. The molecule has 0 spiro atoms. The van der Waals surface area contributed by atoms with E-state index < -0.39 is 5.91 Å². The van der Waals surface area contributed by atoms with E-state index in [4.69, 9.17) is 5.73 Å². The smallest absolute Gasteiger partial charge is 0.259 e. The molecule has 18 heavy (non-hydrogen) atoms. The molecule has 96 valence electrons. The molecule has 0 radical (unpaired) electrons. The summed E-state index contributed by atoms with van der Waals surface area (Å²) in [7, 11) is 0. The summed E-state index contributed by atoms with van der Waals surface area (Å²) in [5.74, 6) is 0.0660. The molecule has 2 heterocycles. The Morgan fingerprint density at radius 2 is 2.22 bits per heavy atom. The summed E-state index contributed by atoms with van der Waals surface area (Å²) in [6.07, 6.45) is 0. The van der Waals surface area contributed by atoms with Crippen molar-refractivity contribution in [2.45, 2.75) is 20.4 Å². The maximum atomic E-state index is 11.9. The standard InChI is InChI=1S/C11H14N4O2S/c1-5-6(2)18-11-9(5)10(17)14-8(15-11)4-13-3-7(12)16/h13H,3-4H2,1-2H3,(H2,12,16)(H,14,15,17). The van der Waals surface area contributed by atoms with Gasteiger partial charge in [-0.15, -0.1) is 11.3 Å². The van der Waals surface area contributed by atoms with Crippen LogP contribution in [0.15, 0.2) is 4.79 Å². The van der Waals surface area contributed by atoms with Gasteiger partial charge in [0.25, 0.3) is 5.56 Å². The third kappa shape index (κ3) is 2.41. The fraction of sp³-hybridized carbons (Fsp3) is 0.364. The SMILES string of the molecule is Cc1sc2nc(CNCC(N)=O)[nH]c(=O)c2c1C. The predicted molar refractivity (Wildman–Crippen MR) is 70.6 cm³/mol. The van der Waals surface area contributed by atoms with Crippen LogP contribution in [0.1, 0.15) is 16.3 Å². The highest BCUT2D eigenvalue weighted by atomic mass is 32.1. The number of carbonyl (C=O) groups excluding carboxylic acids is 1. The van der Waals surface area contributed by atoms with Crippen LogP contribution in [0.25, 0.3) is 10.2 Å². The third-order valence-corrected chi connectivity index (χ3v) is 3.78. The van der Waals surface area contributed by atoms with Crippen molar-refractivity contribution in [1.82, 2.24) is 15.3 Å². The number of aryl methyl sites for hydroxylation is 2. The van der Waals surface area contributed by atoms with Gasteiger partial charge in [0, 0.05) is 4.88 Å². The molecule has 0 unspecified atom stereocenters. The number of hydrogen-bond donors (Lipinski definition) is 3. The third-order valence-electron chi connectivity index (χ3n) is 2.68. The minimum atomic E-state index is -0.443. The van der Waals surface area contributed by atoms with Gasteiger partial charge in [-0.3, -0.25) is 9.59 Å². The number of nitrogens with one attached hydrogen (secondary N) is 2. The number of H-pyrrole nitrogens is 1. The van der Waals surface area contributed by atoms with Crippen LogP contribution in [-0.2, 0) is 11.3 Å². The normalized spacial score (nSPS) is 11.0. The lowest BCUT2D eigenvalue weighted by molar-refractivity contribution is -0.117. The Kier molecular flexibility index (Phi) is 3.44. The quantitative estimate of drug-likeness (QED) is 0.734. The summed E-state index contributed by atoms with van der Waals surface area (Å²) in [5, 5.41) is 3.46. The van der Waals surface area contributed by atoms with E-state index in [0.717, 1.165) is 15.3 Å². The first-order chi connectivity index (χ1) is 8.49. The van der Waals surface area contributed by atoms with E-state index in [-0.39, 0.29) is 12.1 Å². The van der Waals surface area contributed by atoms with E-state index in [2.05, 4.69) is 15.3 Å². The Bertz CT molecular complexity index is 659. The number of carbonyl (C=O) groups is 1. The number of fused-ring (bicyclic) bond motifs is 1. The maximum absolute atomic E-state index is 11.9. The van der Waals surface area contributed by atoms with Crippen molar-refractivity contribution in [3.63, 3.8) is 0 Å². The minimum absolute atomic E-state index is 0.0598. The van der Waals surface area contributed by atoms with Crippen LogP contribution in [0.4, 0.5) is 0 Å². The van der Waals surface area contributed by atoms with Gasteiger partial charge in [-0.2, -0.15) is 0 Å². The second-order valence-electron chi connectivity index (χ2n) is 4.05. The first-order valence-corrected chi connectivity index (χ1v) is 6.28. The van der Waals surface area contributed by atoms with Crippen molar-refractivity contribution in [2.24, 2.45) is 5.73 Å². The highest BCUT2D eigenvalue weighted by Crippen LogP contribution is 2.25. The number of nitrogens with zero attached hydrogens (tertiary/aromatic N) is 1. The van der Waals surface area contributed by atoms with Crippen LogP contribution in [0, 0.1) is 13.8 Å². The molecule has 1 amide bonds. The van der Waals surface area contributed by atoms with Gasteiger partial charge in [0.2, 0.25) is 5.91 Å².